The van der Waals surface area contributed by atoms with Crippen molar-refractivity contribution >= 4 is 15.7 Å². The zero-order chi connectivity index (χ0) is 19.0. The minimum absolute atomic E-state index is 0.377. The number of ether oxygens (including phenoxy) is 1. The molecule has 1 fully saturated rings. The zero-order valence-electron chi connectivity index (χ0n) is 16.4. The smallest absolute Gasteiger partial charge is 0.216 e. The van der Waals surface area contributed by atoms with Gasteiger partial charge in [-0.3, -0.25) is 0 Å². The van der Waals surface area contributed by atoms with Crippen LogP contribution in [0.4, 0.5) is 5.69 Å². The molecule has 0 amide bonds. The van der Waals surface area contributed by atoms with Crippen molar-refractivity contribution in [1.82, 2.24) is 4.72 Å². The van der Waals surface area contributed by atoms with Crippen LogP contribution in [0.2, 0.25) is 0 Å². The van der Waals surface area contributed by atoms with Gasteiger partial charge in [-0.15, -0.1) is 0 Å². The molecule has 0 spiro atoms. The molecule has 26 heavy (non-hydrogen) atoms. The van der Waals surface area contributed by atoms with Gasteiger partial charge in [-0.1, -0.05) is 12.5 Å². The second kappa shape index (κ2) is 9.60. The van der Waals surface area contributed by atoms with E-state index in [-0.39, 0.29) is 0 Å². The molecule has 2 rings (SSSR count). The van der Waals surface area contributed by atoms with E-state index in [9.17, 15) is 8.42 Å². The first-order valence-corrected chi connectivity index (χ1v) is 11.3. The Bertz CT molecular complexity index is 647. The summed E-state index contributed by atoms with van der Waals surface area (Å²) in [6.45, 7) is 6.51. The SMILES string of the molecule is CC(C)(C)S(=O)(=O)NCCCCCNc1cccc(OC2CCCC2)c1. The van der Waals surface area contributed by atoms with Crippen LogP contribution in [0.5, 0.6) is 5.75 Å². The summed E-state index contributed by atoms with van der Waals surface area (Å²) in [6, 6.07) is 8.16. The van der Waals surface area contributed by atoms with Gasteiger partial charge in [0.2, 0.25) is 10.0 Å². The second-order valence-corrected chi connectivity index (χ2v) is 10.6. The van der Waals surface area contributed by atoms with Crippen LogP contribution in [0.3, 0.4) is 0 Å². The lowest BCUT2D eigenvalue weighted by molar-refractivity contribution is 0.210. The number of nitrogens with one attached hydrogen (secondary N) is 2. The summed E-state index contributed by atoms with van der Waals surface area (Å²) >= 11 is 0. The molecule has 1 aromatic rings. The lowest BCUT2D eigenvalue weighted by atomic mass is 10.2. The highest BCUT2D eigenvalue weighted by atomic mass is 32.2. The van der Waals surface area contributed by atoms with Crippen molar-refractivity contribution in [2.75, 3.05) is 18.4 Å². The van der Waals surface area contributed by atoms with E-state index in [2.05, 4.69) is 22.2 Å². The van der Waals surface area contributed by atoms with E-state index in [1.54, 1.807) is 20.8 Å². The van der Waals surface area contributed by atoms with Crippen LogP contribution in [0.1, 0.15) is 65.7 Å². The molecular weight excluding hydrogens is 348 g/mol. The minimum atomic E-state index is -3.23. The number of unbranched alkanes of at least 4 members (excludes halogenated alkanes) is 2. The summed E-state index contributed by atoms with van der Waals surface area (Å²) in [4.78, 5) is 0. The molecule has 1 aromatic carbocycles. The molecule has 0 unspecified atom stereocenters. The number of benzene rings is 1. The van der Waals surface area contributed by atoms with Crippen LogP contribution >= 0.6 is 0 Å². The fraction of sp³-hybridized carbons (Fsp3) is 0.700. The van der Waals surface area contributed by atoms with Gasteiger partial charge in [0.25, 0.3) is 0 Å². The second-order valence-electron chi connectivity index (χ2n) is 8.05. The molecule has 1 aliphatic carbocycles. The Hall–Kier alpha value is -1.27. The summed E-state index contributed by atoms with van der Waals surface area (Å²) in [6.07, 6.45) is 8.09. The van der Waals surface area contributed by atoms with Crippen molar-refractivity contribution in [3.63, 3.8) is 0 Å². The predicted molar refractivity (Wildman–Crippen MR) is 108 cm³/mol. The Balaban J connectivity index is 1.61. The topological polar surface area (TPSA) is 67.4 Å². The fourth-order valence-corrected chi connectivity index (χ4v) is 3.81. The van der Waals surface area contributed by atoms with Gasteiger partial charge in [-0.05, 0) is 71.4 Å². The summed E-state index contributed by atoms with van der Waals surface area (Å²) in [5, 5.41) is 3.42. The van der Waals surface area contributed by atoms with Crippen molar-refractivity contribution in [3.8, 4) is 5.75 Å². The van der Waals surface area contributed by atoms with E-state index in [0.717, 1.165) is 50.1 Å². The largest absolute Gasteiger partial charge is 0.490 e. The van der Waals surface area contributed by atoms with Crippen molar-refractivity contribution in [1.29, 1.82) is 0 Å². The van der Waals surface area contributed by atoms with Gasteiger partial charge in [-0.2, -0.15) is 0 Å². The van der Waals surface area contributed by atoms with Crippen LogP contribution in [-0.2, 0) is 10.0 Å². The summed E-state index contributed by atoms with van der Waals surface area (Å²) in [5.74, 6) is 0.943. The fourth-order valence-electron chi connectivity index (χ4n) is 2.96. The number of anilines is 1. The van der Waals surface area contributed by atoms with Gasteiger partial charge < -0.3 is 10.1 Å². The van der Waals surface area contributed by atoms with Gasteiger partial charge in [0.15, 0.2) is 0 Å². The van der Waals surface area contributed by atoms with Crippen molar-refractivity contribution in [3.05, 3.63) is 24.3 Å². The molecule has 0 atom stereocenters. The molecule has 1 aliphatic rings. The van der Waals surface area contributed by atoms with Crippen molar-refractivity contribution < 1.29 is 13.2 Å². The third-order valence-corrected chi connectivity index (χ3v) is 6.92. The Kier molecular flexibility index (Phi) is 7.77. The molecule has 0 saturated heterocycles. The Labute approximate surface area is 159 Å². The molecule has 2 N–H and O–H groups in total. The summed E-state index contributed by atoms with van der Waals surface area (Å²) < 4.78 is 31.9. The third kappa shape index (κ3) is 6.80. The van der Waals surface area contributed by atoms with Crippen LogP contribution in [0.15, 0.2) is 24.3 Å². The van der Waals surface area contributed by atoms with Crippen LogP contribution in [-0.4, -0.2) is 32.4 Å². The van der Waals surface area contributed by atoms with E-state index in [1.165, 1.54) is 12.8 Å². The van der Waals surface area contributed by atoms with Gasteiger partial charge in [0, 0.05) is 24.8 Å². The van der Waals surface area contributed by atoms with Gasteiger partial charge in [0.05, 0.1) is 10.9 Å². The highest BCUT2D eigenvalue weighted by Gasteiger charge is 2.27. The van der Waals surface area contributed by atoms with Crippen LogP contribution in [0, 0.1) is 0 Å². The van der Waals surface area contributed by atoms with Crippen molar-refractivity contribution in [2.24, 2.45) is 0 Å². The lowest BCUT2D eigenvalue weighted by Gasteiger charge is -2.19. The minimum Gasteiger partial charge on any atom is -0.490 e. The highest BCUT2D eigenvalue weighted by Crippen LogP contribution is 2.25. The average Bonchev–Trinajstić information content (AvgIpc) is 3.06. The van der Waals surface area contributed by atoms with E-state index in [4.69, 9.17) is 4.74 Å². The van der Waals surface area contributed by atoms with Crippen LogP contribution in [0.25, 0.3) is 0 Å². The number of sulfonamides is 1. The predicted octanol–water partition coefficient (Wildman–Crippen LogP) is 4.31. The first kappa shape index (κ1) is 21.0. The molecular formula is C20H34N2O3S. The standard InChI is InChI=1S/C20H34N2O3S/c1-20(2,3)26(23,24)22-15-8-4-7-14-21-17-10-9-13-19(16-17)25-18-11-5-6-12-18/h9-10,13,16,18,21-22H,4-8,11-12,14-15H2,1-3H3. The van der Waals surface area contributed by atoms with Crippen LogP contribution < -0.4 is 14.8 Å². The van der Waals surface area contributed by atoms with Crippen molar-refractivity contribution in [2.45, 2.75) is 76.6 Å². The molecule has 0 radical (unpaired) electrons. The average molecular weight is 383 g/mol. The number of rotatable bonds is 10. The summed E-state index contributed by atoms with van der Waals surface area (Å²) in [7, 11) is -3.23. The maximum Gasteiger partial charge on any atom is 0.216 e. The van der Waals surface area contributed by atoms with Gasteiger partial charge in [-0.25, -0.2) is 13.1 Å². The number of hydrogen-bond acceptors (Lipinski definition) is 4. The van der Waals surface area contributed by atoms with E-state index in [0.29, 0.717) is 12.6 Å². The molecule has 0 aliphatic heterocycles. The monoisotopic (exact) mass is 382 g/mol. The Morgan fingerprint density at radius 3 is 2.46 bits per heavy atom. The normalized spacial score (nSPS) is 16.0. The van der Waals surface area contributed by atoms with Gasteiger partial charge >= 0.3 is 0 Å². The molecule has 0 bridgehead atoms. The quantitative estimate of drug-likeness (QED) is 0.592. The lowest BCUT2D eigenvalue weighted by Crippen LogP contribution is -2.39. The Morgan fingerprint density at radius 2 is 1.77 bits per heavy atom. The number of hydrogen-bond donors (Lipinski definition) is 2. The molecule has 1 saturated carbocycles. The molecule has 0 aromatic heterocycles. The van der Waals surface area contributed by atoms with E-state index in [1.807, 2.05) is 12.1 Å². The molecule has 0 heterocycles. The maximum absolute atomic E-state index is 11.9. The molecule has 148 valence electrons. The van der Waals surface area contributed by atoms with Gasteiger partial charge in [0.1, 0.15) is 5.75 Å². The first-order valence-electron chi connectivity index (χ1n) is 9.78. The van der Waals surface area contributed by atoms with E-state index < -0.39 is 14.8 Å². The molecule has 6 heteroatoms. The summed E-state index contributed by atoms with van der Waals surface area (Å²) in [5.41, 5.74) is 1.08. The first-order chi connectivity index (χ1) is 12.3. The Morgan fingerprint density at radius 1 is 1.08 bits per heavy atom. The van der Waals surface area contributed by atoms with E-state index >= 15 is 0 Å². The molecule has 5 nitrogen and oxygen atoms in total. The third-order valence-electron chi connectivity index (χ3n) is 4.72. The maximum atomic E-state index is 11.9. The zero-order valence-corrected chi connectivity index (χ0v) is 17.2. The highest BCUT2D eigenvalue weighted by molar-refractivity contribution is 7.90.